The molecule has 0 aliphatic rings. The largest absolute Gasteiger partial charge is 0.317 e. The van der Waals surface area contributed by atoms with E-state index in [1.165, 1.54) is 12.7 Å². The van der Waals surface area contributed by atoms with Crippen molar-refractivity contribution in [2.75, 3.05) is 7.11 Å². The lowest BCUT2D eigenvalue weighted by Gasteiger charge is -2.31. The molecule has 3 nitrogen and oxygen atoms in total. The van der Waals surface area contributed by atoms with Crippen LogP contribution in [0, 0.1) is 6.92 Å². The van der Waals surface area contributed by atoms with E-state index in [0.717, 1.165) is 11.1 Å². The molecule has 0 fully saturated rings. The number of benzene rings is 3. The van der Waals surface area contributed by atoms with E-state index in [1.807, 2.05) is 65.3 Å². The van der Waals surface area contributed by atoms with E-state index in [0.29, 0.717) is 18.4 Å². The van der Waals surface area contributed by atoms with Gasteiger partial charge < -0.3 is 4.52 Å². The van der Waals surface area contributed by atoms with Crippen LogP contribution in [0.15, 0.2) is 84.9 Å². The van der Waals surface area contributed by atoms with Crippen LogP contribution in [0.4, 0.5) is 0 Å². The molecule has 3 rings (SSSR count). The first-order valence-corrected chi connectivity index (χ1v) is 10.3. The zero-order chi connectivity index (χ0) is 18.4. The van der Waals surface area contributed by atoms with Crippen LogP contribution < -0.4 is 5.30 Å². The third kappa shape index (κ3) is 4.13. The van der Waals surface area contributed by atoms with E-state index < -0.39 is 7.52 Å². The summed E-state index contributed by atoms with van der Waals surface area (Å²) < 4.78 is 21.5. The molecule has 0 bridgehead atoms. The van der Waals surface area contributed by atoms with E-state index in [-0.39, 0.29) is 0 Å². The minimum absolute atomic E-state index is 0.551. The molecule has 0 amide bonds. The molecule has 0 heterocycles. The summed E-state index contributed by atoms with van der Waals surface area (Å²) in [6, 6.07) is 27.8. The molecular formula is C22H24NO2P. The highest BCUT2D eigenvalue weighted by Gasteiger charge is 2.33. The van der Waals surface area contributed by atoms with Gasteiger partial charge in [0.25, 0.3) is 0 Å². The predicted octanol–water partition coefficient (Wildman–Crippen LogP) is 5.16. The number of aryl methyl sites for hydroxylation is 1. The highest BCUT2D eigenvalue weighted by Crippen LogP contribution is 2.50. The van der Waals surface area contributed by atoms with Crippen LogP contribution in [-0.2, 0) is 22.2 Å². The summed E-state index contributed by atoms with van der Waals surface area (Å²) >= 11 is 0. The van der Waals surface area contributed by atoms with E-state index in [2.05, 4.69) is 31.2 Å². The second-order valence-electron chi connectivity index (χ2n) is 6.27. The first kappa shape index (κ1) is 18.6. The Morgan fingerprint density at radius 3 is 2.00 bits per heavy atom. The van der Waals surface area contributed by atoms with E-state index in [9.17, 15) is 4.57 Å². The van der Waals surface area contributed by atoms with Gasteiger partial charge in [-0.2, -0.15) is 0 Å². The van der Waals surface area contributed by atoms with Gasteiger partial charge in [-0.25, -0.2) is 4.67 Å². The van der Waals surface area contributed by atoms with E-state index in [4.69, 9.17) is 4.52 Å². The Balaban J connectivity index is 2.01. The Bertz CT molecular complexity index is 881. The summed E-state index contributed by atoms with van der Waals surface area (Å²) in [6.45, 7) is 3.19. The molecule has 0 saturated heterocycles. The second-order valence-corrected chi connectivity index (χ2v) is 8.76. The smallest absolute Gasteiger partial charge is 0.302 e. The van der Waals surface area contributed by atoms with Crippen LogP contribution in [-0.4, -0.2) is 11.8 Å². The van der Waals surface area contributed by atoms with Gasteiger partial charge in [-0.1, -0.05) is 72.8 Å². The molecule has 26 heavy (non-hydrogen) atoms. The molecule has 0 radical (unpaired) electrons. The van der Waals surface area contributed by atoms with Crippen molar-refractivity contribution in [3.05, 3.63) is 102 Å². The summed E-state index contributed by atoms with van der Waals surface area (Å²) in [5.74, 6) is 0. The molecule has 134 valence electrons. The van der Waals surface area contributed by atoms with Gasteiger partial charge >= 0.3 is 7.52 Å². The molecule has 0 saturated carbocycles. The highest BCUT2D eigenvalue weighted by atomic mass is 31.2. The average Bonchev–Trinajstić information content (AvgIpc) is 2.70. The fraction of sp³-hybridized carbons (Fsp3) is 0.182. The van der Waals surface area contributed by atoms with Gasteiger partial charge in [0, 0.05) is 20.2 Å². The molecule has 0 aromatic heterocycles. The molecule has 0 spiro atoms. The zero-order valence-electron chi connectivity index (χ0n) is 15.2. The summed E-state index contributed by atoms with van der Waals surface area (Å²) in [5.41, 5.74) is 3.44. The molecule has 3 aromatic rings. The Kier molecular flexibility index (Phi) is 6.05. The van der Waals surface area contributed by atoms with Gasteiger partial charge in [0.2, 0.25) is 0 Å². The lowest BCUT2D eigenvalue weighted by atomic mass is 10.1. The van der Waals surface area contributed by atoms with Gasteiger partial charge in [-0.05, 0) is 35.7 Å². The van der Waals surface area contributed by atoms with Gasteiger partial charge in [0.15, 0.2) is 0 Å². The van der Waals surface area contributed by atoms with E-state index >= 15 is 0 Å². The van der Waals surface area contributed by atoms with Crippen LogP contribution in [0.25, 0.3) is 0 Å². The molecule has 3 aromatic carbocycles. The maximum atomic E-state index is 13.9. The van der Waals surface area contributed by atoms with Crippen molar-refractivity contribution in [3.8, 4) is 0 Å². The van der Waals surface area contributed by atoms with Crippen LogP contribution in [0.2, 0.25) is 0 Å². The molecule has 4 heteroatoms. The van der Waals surface area contributed by atoms with Crippen LogP contribution in [0.3, 0.4) is 0 Å². The van der Waals surface area contributed by atoms with Crippen LogP contribution in [0.5, 0.6) is 0 Å². The molecule has 0 N–H and O–H groups in total. The molecular weight excluding hydrogens is 341 g/mol. The lowest BCUT2D eigenvalue weighted by Crippen LogP contribution is -2.27. The number of nitrogens with zero attached hydrogens (tertiary/aromatic N) is 1. The van der Waals surface area contributed by atoms with Gasteiger partial charge in [-0.3, -0.25) is 4.57 Å². The van der Waals surface area contributed by atoms with Gasteiger partial charge in [0.1, 0.15) is 0 Å². The summed E-state index contributed by atoms with van der Waals surface area (Å²) in [7, 11) is -1.65. The Hall–Kier alpha value is -2.19. The predicted molar refractivity (Wildman–Crippen MR) is 108 cm³/mol. The fourth-order valence-electron chi connectivity index (χ4n) is 3.02. The maximum Gasteiger partial charge on any atom is 0.302 e. The third-order valence-corrected chi connectivity index (χ3v) is 7.00. The standard InChI is InChI=1S/C22H24NO2P/c1-19-11-9-10-14-21(19)18-23(17-20-12-5-3-6-13-20)26(24,25-2)22-15-7-4-8-16-22/h3-16H,17-18H2,1-2H3. The highest BCUT2D eigenvalue weighted by molar-refractivity contribution is 7.64. The van der Waals surface area contributed by atoms with Crippen LogP contribution in [0.1, 0.15) is 16.7 Å². The zero-order valence-corrected chi connectivity index (χ0v) is 16.1. The number of hydrogen-bond acceptors (Lipinski definition) is 2. The monoisotopic (exact) mass is 365 g/mol. The molecule has 0 aliphatic heterocycles. The molecule has 1 unspecified atom stereocenters. The summed E-state index contributed by atoms with van der Waals surface area (Å²) in [5, 5.41) is 0.715. The first-order valence-electron chi connectivity index (χ1n) is 8.69. The van der Waals surface area contributed by atoms with Gasteiger partial charge in [-0.15, -0.1) is 0 Å². The third-order valence-electron chi connectivity index (χ3n) is 4.52. The Morgan fingerprint density at radius 2 is 1.38 bits per heavy atom. The quantitative estimate of drug-likeness (QED) is 0.542. The number of rotatable bonds is 7. The SMILES string of the molecule is COP(=O)(c1ccccc1)N(Cc1ccccc1)Cc1ccccc1C. The lowest BCUT2D eigenvalue weighted by molar-refractivity contribution is 0.305. The second kappa shape index (κ2) is 8.46. The summed E-state index contributed by atoms with van der Waals surface area (Å²) in [6.07, 6.45) is 0. The van der Waals surface area contributed by atoms with Crippen molar-refractivity contribution in [1.29, 1.82) is 0 Å². The maximum absolute atomic E-state index is 13.9. The van der Waals surface area contributed by atoms with Crippen molar-refractivity contribution >= 4 is 12.8 Å². The van der Waals surface area contributed by atoms with Crippen molar-refractivity contribution in [2.24, 2.45) is 0 Å². The topological polar surface area (TPSA) is 29.5 Å². The fourth-order valence-corrected chi connectivity index (χ4v) is 5.03. The minimum Gasteiger partial charge on any atom is -0.317 e. The first-order chi connectivity index (χ1) is 12.6. The molecule has 1 atom stereocenters. The van der Waals surface area contributed by atoms with Gasteiger partial charge in [0.05, 0.1) is 5.30 Å². The number of hydrogen-bond donors (Lipinski definition) is 0. The van der Waals surface area contributed by atoms with Crippen LogP contribution >= 0.6 is 7.52 Å². The summed E-state index contributed by atoms with van der Waals surface area (Å²) in [4.78, 5) is 0. The Labute approximate surface area is 155 Å². The molecule has 0 aliphatic carbocycles. The van der Waals surface area contributed by atoms with Crippen molar-refractivity contribution in [1.82, 2.24) is 4.67 Å². The normalized spacial score (nSPS) is 13.5. The van der Waals surface area contributed by atoms with Crippen molar-refractivity contribution in [3.63, 3.8) is 0 Å². The van der Waals surface area contributed by atoms with E-state index in [1.54, 1.807) is 0 Å². The Morgan fingerprint density at radius 1 is 0.808 bits per heavy atom. The van der Waals surface area contributed by atoms with Crippen molar-refractivity contribution in [2.45, 2.75) is 20.0 Å². The average molecular weight is 365 g/mol. The minimum atomic E-state index is -3.18. The van der Waals surface area contributed by atoms with Crippen molar-refractivity contribution < 1.29 is 9.09 Å².